The van der Waals surface area contributed by atoms with Gasteiger partial charge in [-0.25, -0.2) is 18.4 Å². The van der Waals surface area contributed by atoms with E-state index in [9.17, 15) is 13.2 Å². The lowest BCUT2D eigenvalue weighted by molar-refractivity contribution is -0.130. The van der Waals surface area contributed by atoms with Crippen LogP contribution in [0.5, 0.6) is 0 Å². The van der Waals surface area contributed by atoms with Crippen molar-refractivity contribution in [1.82, 2.24) is 19.8 Å². The van der Waals surface area contributed by atoms with Gasteiger partial charge in [0, 0.05) is 37.6 Å². The van der Waals surface area contributed by atoms with Gasteiger partial charge in [0.05, 0.1) is 17.3 Å². The molecular formula is C16H20N4O3S3. The highest BCUT2D eigenvalue weighted by molar-refractivity contribution is 8.00. The first-order valence-electron chi connectivity index (χ1n) is 8.55. The van der Waals surface area contributed by atoms with Gasteiger partial charge in [-0.3, -0.25) is 9.69 Å². The molecule has 140 valence electrons. The SMILES string of the molecule is O=C(CSc1ncnc2sccc12)N1CCN([C@@H]2CCS(=O)(=O)C2)CC1. The molecule has 0 aromatic carbocycles. The maximum absolute atomic E-state index is 12.5. The van der Waals surface area contributed by atoms with Crippen LogP contribution in [0.25, 0.3) is 10.2 Å². The largest absolute Gasteiger partial charge is 0.339 e. The second-order valence-electron chi connectivity index (χ2n) is 6.58. The number of amides is 1. The number of aromatic nitrogens is 2. The molecule has 2 fully saturated rings. The summed E-state index contributed by atoms with van der Waals surface area (Å²) in [5, 5.41) is 3.83. The van der Waals surface area contributed by atoms with Gasteiger partial charge in [0.2, 0.25) is 5.91 Å². The van der Waals surface area contributed by atoms with E-state index in [4.69, 9.17) is 0 Å². The molecule has 1 amide bonds. The smallest absolute Gasteiger partial charge is 0.233 e. The van der Waals surface area contributed by atoms with Crippen LogP contribution in [0, 0.1) is 0 Å². The average molecular weight is 413 g/mol. The van der Waals surface area contributed by atoms with E-state index < -0.39 is 9.84 Å². The van der Waals surface area contributed by atoms with Gasteiger partial charge in [0.1, 0.15) is 16.2 Å². The van der Waals surface area contributed by atoms with Crippen LogP contribution in [-0.4, -0.2) is 83.6 Å². The zero-order chi connectivity index (χ0) is 18.1. The van der Waals surface area contributed by atoms with E-state index in [-0.39, 0.29) is 17.7 Å². The molecule has 2 aromatic rings. The van der Waals surface area contributed by atoms with Crippen LogP contribution in [0.1, 0.15) is 6.42 Å². The fourth-order valence-corrected chi connectivity index (χ4v) is 6.95. The highest BCUT2D eigenvalue weighted by atomic mass is 32.2. The standard InChI is InChI=1S/C16H20N4O3S3/c21-14(9-25-16-13-1-7-24-15(13)17-11-18-16)20-5-3-19(4-6-20)12-2-8-26(22,23)10-12/h1,7,11-12H,2-6,8-10H2/t12-/m1/s1. The summed E-state index contributed by atoms with van der Waals surface area (Å²) in [6.07, 6.45) is 2.26. The molecule has 7 nitrogen and oxygen atoms in total. The quantitative estimate of drug-likeness (QED) is 0.549. The number of nitrogens with zero attached hydrogens (tertiary/aromatic N) is 4. The van der Waals surface area contributed by atoms with E-state index in [1.54, 1.807) is 17.7 Å². The van der Waals surface area contributed by atoms with Crippen molar-refractivity contribution in [2.75, 3.05) is 43.4 Å². The van der Waals surface area contributed by atoms with E-state index >= 15 is 0 Å². The number of carbonyl (C=O) groups is 1. The van der Waals surface area contributed by atoms with Crippen LogP contribution in [0.15, 0.2) is 22.8 Å². The number of piperazine rings is 1. The van der Waals surface area contributed by atoms with Crippen molar-refractivity contribution in [3.05, 3.63) is 17.8 Å². The van der Waals surface area contributed by atoms with Gasteiger partial charge < -0.3 is 4.90 Å². The third-order valence-electron chi connectivity index (χ3n) is 4.95. The van der Waals surface area contributed by atoms with E-state index in [2.05, 4.69) is 14.9 Å². The number of rotatable bonds is 4. The Morgan fingerprint density at radius 3 is 2.81 bits per heavy atom. The molecule has 26 heavy (non-hydrogen) atoms. The Morgan fingerprint density at radius 2 is 2.08 bits per heavy atom. The number of hydrogen-bond donors (Lipinski definition) is 0. The van der Waals surface area contributed by atoms with E-state index in [0.717, 1.165) is 34.8 Å². The number of carbonyl (C=O) groups excluding carboxylic acids is 1. The minimum atomic E-state index is -2.86. The van der Waals surface area contributed by atoms with Crippen LogP contribution in [0.4, 0.5) is 0 Å². The lowest BCUT2D eigenvalue weighted by Gasteiger charge is -2.37. The summed E-state index contributed by atoms with van der Waals surface area (Å²) in [6, 6.07) is 2.11. The Balaban J connectivity index is 1.29. The van der Waals surface area contributed by atoms with Gasteiger partial charge in [-0.1, -0.05) is 11.8 Å². The van der Waals surface area contributed by atoms with Crippen molar-refractivity contribution in [1.29, 1.82) is 0 Å². The van der Waals surface area contributed by atoms with Gasteiger partial charge in [0.15, 0.2) is 9.84 Å². The minimum Gasteiger partial charge on any atom is -0.339 e. The molecule has 2 aliphatic rings. The van der Waals surface area contributed by atoms with Crippen LogP contribution in [-0.2, 0) is 14.6 Å². The summed E-state index contributed by atoms with van der Waals surface area (Å²) in [5.41, 5.74) is 0. The second-order valence-corrected chi connectivity index (χ2v) is 10.7. The third-order valence-corrected chi connectivity index (χ3v) is 8.51. The Morgan fingerprint density at radius 1 is 1.27 bits per heavy atom. The first-order valence-corrected chi connectivity index (χ1v) is 12.2. The second kappa shape index (κ2) is 7.41. The Hall–Kier alpha value is -1.23. The molecule has 0 bridgehead atoms. The van der Waals surface area contributed by atoms with Gasteiger partial charge in [-0.15, -0.1) is 11.3 Å². The van der Waals surface area contributed by atoms with Crippen molar-refractivity contribution in [2.24, 2.45) is 0 Å². The molecule has 4 rings (SSSR count). The molecule has 0 radical (unpaired) electrons. The topological polar surface area (TPSA) is 83.5 Å². The summed E-state index contributed by atoms with van der Waals surface area (Å²) in [4.78, 5) is 26.1. The predicted octanol–water partition coefficient (Wildman–Crippen LogP) is 1.11. The number of thioether (sulfide) groups is 1. The molecule has 0 spiro atoms. The zero-order valence-corrected chi connectivity index (χ0v) is 16.7. The van der Waals surface area contributed by atoms with E-state index in [1.807, 2.05) is 16.3 Å². The monoisotopic (exact) mass is 412 g/mol. The van der Waals surface area contributed by atoms with Crippen LogP contribution in [0.3, 0.4) is 0 Å². The summed E-state index contributed by atoms with van der Waals surface area (Å²) < 4.78 is 23.3. The maximum atomic E-state index is 12.5. The lowest BCUT2D eigenvalue weighted by atomic mass is 10.2. The summed E-state index contributed by atoms with van der Waals surface area (Å²) in [5.74, 6) is 1.03. The molecule has 10 heteroatoms. The normalized spacial score (nSPS) is 23.5. The Kier molecular flexibility index (Phi) is 5.18. The Labute approximate surface area is 160 Å². The molecule has 1 atom stereocenters. The highest BCUT2D eigenvalue weighted by Crippen LogP contribution is 2.28. The molecule has 2 aliphatic heterocycles. The first kappa shape index (κ1) is 18.1. The number of hydrogen-bond acceptors (Lipinski definition) is 8. The number of thiophene rings is 1. The fraction of sp³-hybridized carbons (Fsp3) is 0.562. The van der Waals surface area contributed by atoms with E-state index in [0.29, 0.717) is 24.6 Å². The van der Waals surface area contributed by atoms with Crippen molar-refractivity contribution >= 4 is 49.1 Å². The van der Waals surface area contributed by atoms with Crippen molar-refractivity contribution in [2.45, 2.75) is 17.5 Å². The molecule has 0 aliphatic carbocycles. The van der Waals surface area contributed by atoms with Gasteiger partial charge in [-0.05, 0) is 17.9 Å². The molecule has 2 aromatic heterocycles. The van der Waals surface area contributed by atoms with Crippen LogP contribution >= 0.6 is 23.1 Å². The van der Waals surface area contributed by atoms with Gasteiger partial charge in [-0.2, -0.15) is 0 Å². The van der Waals surface area contributed by atoms with E-state index in [1.165, 1.54) is 11.8 Å². The summed E-state index contributed by atoms with van der Waals surface area (Å²) >= 11 is 3.02. The highest BCUT2D eigenvalue weighted by Gasteiger charge is 2.34. The first-order chi connectivity index (χ1) is 12.5. The number of sulfone groups is 1. The van der Waals surface area contributed by atoms with Gasteiger partial charge >= 0.3 is 0 Å². The van der Waals surface area contributed by atoms with Crippen LogP contribution < -0.4 is 0 Å². The molecule has 0 saturated carbocycles. The van der Waals surface area contributed by atoms with Crippen molar-refractivity contribution < 1.29 is 13.2 Å². The molecule has 0 unspecified atom stereocenters. The number of fused-ring (bicyclic) bond motifs is 1. The Bertz CT molecular complexity index is 906. The zero-order valence-electron chi connectivity index (χ0n) is 14.2. The third kappa shape index (κ3) is 3.88. The van der Waals surface area contributed by atoms with Crippen molar-refractivity contribution in [3.63, 3.8) is 0 Å². The van der Waals surface area contributed by atoms with Crippen LogP contribution in [0.2, 0.25) is 0 Å². The van der Waals surface area contributed by atoms with Gasteiger partial charge in [0.25, 0.3) is 0 Å². The maximum Gasteiger partial charge on any atom is 0.233 e. The predicted molar refractivity (Wildman–Crippen MR) is 103 cm³/mol. The fourth-order valence-electron chi connectivity index (χ4n) is 3.50. The average Bonchev–Trinajstić information content (AvgIpc) is 3.26. The lowest BCUT2D eigenvalue weighted by Crippen LogP contribution is -2.52. The molecule has 2 saturated heterocycles. The summed E-state index contributed by atoms with van der Waals surface area (Å²) in [7, 11) is -2.86. The minimum absolute atomic E-state index is 0.107. The summed E-state index contributed by atoms with van der Waals surface area (Å²) in [6.45, 7) is 2.82. The molecule has 4 heterocycles. The van der Waals surface area contributed by atoms with Crippen molar-refractivity contribution in [3.8, 4) is 0 Å². The molecule has 0 N–H and O–H groups in total. The molecular weight excluding hydrogens is 392 g/mol.